The van der Waals surface area contributed by atoms with Crippen LogP contribution in [-0.4, -0.2) is 0 Å². The van der Waals surface area contributed by atoms with E-state index in [4.69, 9.17) is 5.73 Å². The van der Waals surface area contributed by atoms with Gasteiger partial charge in [0.05, 0.1) is 0 Å². The first kappa shape index (κ1) is 14.2. The second kappa shape index (κ2) is 8.30. The molecule has 1 aromatic carbocycles. The summed E-state index contributed by atoms with van der Waals surface area (Å²) in [5.41, 5.74) is 8.92. The molecule has 2 N–H and O–H groups in total. The molecule has 17 heavy (non-hydrogen) atoms. The lowest BCUT2D eigenvalue weighted by atomic mass is 9.99. The summed E-state index contributed by atoms with van der Waals surface area (Å²) in [4.78, 5) is 0. The summed E-state index contributed by atoms with van der Waals surface area (Å²) in [6.45, 7) is 4.46. The fraction of sp³-hybridized carbons (Fsp3) is 0.625. The molecule has 0 fully saturated rings. The van der Waals surface area contributed by atoms with Crippen LogP contribution in [0.4, 0.5) is 0 Å². The van der Waals surface area contributed by atoms with Crippen LogP contribution in [0.2, 0.25) is 0 Å². The first-order valence-electron chi connectivity index (χ1n) is 7.12. The van der Waals surface area contributed by atoms with Crippen molar-refractivity contribution in [2.24, 2.45) is 5.73 Å². The quantitative estimate of drug-likeness (QED) is 0.652. The van der Waals surface area contributed by atoms with Crippen molar-refractivity contribution < 1.29 is 0 Å². The molecule has 1 nitrogen and oxygen atoms in total. The molecule has 1 unspecified atom stereocenters. The Bertz CT molecular complexity index is 289. The highest BCUT2D eigenvalue weighted by Gasteiger charge is 2.05. The topological polar surface area (TPSA) is 26.0 Å². The molecule has 1 heteroatoms. The number of benzene rings is 1. The van der Waals surface area contributed by atoms with Crippen LogP contribution in [-0.2, 0) is 6.42 Å². The van der Waals surface area contributed by atoms with Crippen molar-refractivity contribution in [1.82, 2.24) is 0 Å². The second-order valence-electron chi connectivity index (χ2n) is 4.95. The predicted octanol–water partition coefficient (Wildman–Crippen LogP) is 4.61. The van der Waals surface area contributed by atoms with E-state index in [-0.39, 0.29) is 6.04 Å². The van der Waals surface area contributed by atoms with Gasteiger partial charge in [0.15, 0.2) is 0 Å². The lowest BCUT2D eigenvalue weighted by molar-refractivity contribution is 0.566. The van der Waals surface area contributed by atoms with Crippen LogP contribution in [0.3, 0.4) is 0 Å². The van der Waals surface area contributed by atoms with Crippen molar-refractivity contribution in [2.45, 2.75) is 64.8 Å². The number of hydrogen-bond acceptors (Lipinski definition) is 1. The minimum Gasteiger partial charge on any atom is -0.324 e. The third-order valence-electron chi connectivity index (χ3n) is 3.32. The summed E-state index contributed by atoms with van der Waals surface area (Å²) in [7, 11) is 0. The molecule has 0 aliphatic carbocycles. The van der Waals surface area contributed by atoms with Crippen LogP contribution >= 0.6 is 0 Å². The van der Waals surface area contributed by atoms with Gasteiger partial charge in [0.1, 0.15) is 0 Å². The molecule has 0 amide bonds. The summed E-state index contributed by atoms with van der Waals surface area (Å²) < 4.78 is 0. The van der Waals surface area contributed by atoms with E-state index in [0.29, 0.717) is 0 Å². The molecule has 0 saturated heterocycles. The Morgan fingerprint density at radius 1 is 0.941 bits per heavy atom. The lowest BCUT2D eigenvalue weighted by Gasteiger charge is -2.12. The minimum atomic E-state index is 0.225. The molecule has 0 radical (unpaired) electrons. The molecule has 1 atom stereocenters. The maximum absolute atomic E-state index is 6.20. The molecule has 0 aromatic heterocycles. The number of nitrogens with two attached hydrogens (primary N) is 1. The van der Waals surface area contributed by atoms with Gasteiger partial charge in [-0.2, -0.15) is 0 Å². The third kappa shape index (κ3) is 5.36. The molecular formula is C16H27N. The summed E-state index contributed by atoms with van der Waals surface area (Å²) in [6.07, 6.45) is 8.70. The number of hydrogen-bond donors (Lipinski definition) is 1. The average molecular weight is 233 g/mol. The Morgan fingerprint density at radius 2 is 1.65 bits per heavy atom. The highest BCUT2D eigenvalue weighted by atomic mass is 14.6. The van der Waals surface area contributed by atoms with E-state index in [9.17, 15) is 0 Å². The molecule has 0 heterocycles. The summed E-state index contributed by atoms with van der Waals surface area (Å²) >= 11 is 0. The summed E-state index contributed by atoms with van der Waals surface area (Å²) in [5, 5.41) is 0. The molecule has 1 aromatic rings. The summed E-state index contributed by atoms with van der Waals surface area (Å²) in [5.74, 6) is 0. The van der Waals surface area contributed by atoms with E-state index < -0.39 is 0 Å². The van der Waals surface area contributed by atoms with E-state index in [1.165, 1.54) is 49.7 Å². The number of aryl methyl sites for hydroxylation is 1. The van der Waals surface area contributed by atoms with Crippen molar-refractivity contribution in [1.29, 1.82) is 0 Å². The van der Waals surface area contributed by atoms with E-state index in [1.54, 1.807) is 0 Å². The van der Waals surface area contributed by atoms with E-state index in [0.717, 1.165) is 6.42 Å². The van der Waals surface area contributed by atoms with E-state index in [2.05, 4.69) is 38.1 Å². The fourth-order valence-electron chi connectivity index (χ4n) is 2.18. The van der Waals surface area contributed by atoms with Crippen LogP contribution in [0.5, 0.6) is 0 Å². The monoisotopic (exact) mass is 233 g/mol. The molecule has 1 rings (SSSR count). The standard InChI is InChI=1S/C16H27N/c1-3-5-6-7-9-16(17)15-12-10-14(8-4-2)11-13-15/h10-13,16H,3-9,17H2,1-2H3. The molecule has 0 spiro atoms. The lowest BCUT2D eigenvalue weighted by Crippen LogP contribution is -2.10. The van der Waals surface area contributed by atoms with Crippen LogP contribution in [0.1, 0.15) is 69.5 Å². The van der Waals surface area contributed by atoms with Gasteiger partial charge in [-0.3, -0.25) is 0 Å². The Hall–Kier alpha value is -0.820. The fourth-order valence-corrected chi connectivity index (χ4v) is 2.18. The average Bonchev–Trinajstić information content (AvgIpc) is 2.36. The number of unbranched alkanes of at least 4 members (excludes halogenated alkanes) is 3. The SMILES string of the molecule is CCCCCCC(N)c1ccc(CCC)cc1. The predicted molar refractivity (Wildman–Crippen MR) is 76.1 cm³/mol. The maximum Gasteiger partial charge on any atom is 0.0294 e. The van der Waals surface area contributed by atoms with E-state index in [1.807, 2.05) is 0 Å². The van der Waals surface area contributed by atoms with Crippen LogP contribution in [0.15, 0.2) is 24.3 Å². The molecule has 0 bridgehead atoms. The Balaban J connectivity index is 2.37. The van der Waals surface area contributed by atoms with Gasteiger partial charge in [-0.1, -0.05) is 70.2 Å². The molecule has 0 aliphatic heterocycles. The van der Waals surface area contributed by atoms with Crippen molar-refractivity contribution >= 4 is 0 Å². The molecule has 0 aliphatic rings. The zero-order valence-electron chi connectivity index (χ0n) is 11.4. The Morgan fingerprint density at radius 3 is 2.24 bits per heavy atom. The van der Waals surface area contributed by atoms with Gasteiger partial charge in [-0.25, -0.2) is 0 Å². The van der Waals surface area contributed by atoms with Crippen molar-refractivity contribution in [3.63, 3.8) is 0 Å². The smallest absolute Gasteiger partial charge is 0.0294 e. The summed E-state index contributed by atoms with van der Waals surface area (Å²) in [6, 6.07) is 9.09. The van der Waals surface area contributed by atoms with Crippen LogP contribution < -0.4 is 5.73 Å². The van der Waals surface area contributed by atoms with Gasteiger partial charge < -0.3 is 5.73 Å². The van der Waals surface area contributed by atoms with Gasteiger partial charge in [0.2, 0.25) is 0 Å². The third-order valence-corrected chi connectivity index (χ3v) is 3.32. The van der Waals surface area contributed by atoms with E-state index >= 15 is 0 Å². The zero-order valence-corrected chi connectivity index (χ0v) is 11.4. The maximum atomic E-state index is 6.20. The van der Waals surface area contributed by atoms with Crippen LogP contribution in [0.25, 0.3) is 0 Å². The van der Waals surface area contributed by atoms with Gasteiger partial charge in [0, 0.05) is 6.04 Å². The highest BCUT2D eigenvalue weighted by Crippen LogP contribution is 2.18. The first-order chi connectivity index (χ1) is 8.27. The van der Waals surface area contributed by atoms with Crippen molar-refractivity contribution in [3.8, 4) is 0 Å². The van der Waals surface area contributed by atoms with Gasteiger partial charge in [0.25, 0.3) is 0 Å². The van der Waals surface area contributed by atoms with Gasteiger partial charge in [-0.15, -0.1) is 0 Å². The van der Waals surface area contributed by atoms with Crippen molar-refractivity contribution in [3.05, 3.63) is 35.4 Å². The minimum absolute atomic E-state index is 0.225. The van der Waals surface area contributed by atoms with Gasteiger partial charge >= 0.3 is 0 Å². The zero-order chi connectivity index (χ0) is 12.5. The van der Waals surface area contributed by atoms with Crippen molar-refractivity contribution in [2.75, 3.05) is 0 Å². The largest absolute Gasteiger partial charge is 0.324 e. The Kier molecular flexibility index (Phi) is 6.95. The molecule has 96 valence electrons. The molecular weight excluding hydrogens is 206 g/mol. The normalized spacial score (nSPS) is 12.6. The van der Waals surface area contributed by atoms with Crippen LogP contribution in [0, 0.1) is 0 Å². The first-order valence-corrected chi connectivity index (χ1v) is 7.12. The van der Waals surface area contributed by atoms with Gasteiger partial charge in [-0.05, 0) is 24.0 Å². The number of rotatable bonds is 8. The Labute approximate surface area is 106 Å². The molecule has 0 saturated carbocycles. The second-order valence-corrected chi connectivity index (χ2v) is 4.95. The highest BCUT2D eigenvalue weighted by molar-refractivity contribution is 5.24.